The third-order valence-corrected chi connectivity index (χ3v) is 3.61. The third kappa shape index (κ3) is 1.83. The summed E-state index contributed by atoms with van der Waals surface area (Å²) in [5.74, 6) is 0.967. The summed E-state index contributed by atoms with van der Waals surface area (Å²) >= 11 is 1.40. The lowest BCUT2D eigenvalue weighted by atomic mass is 9.96. The summed E-state index contributed by atoms with van der Waals surface area (Å²) in [7, 11) is 0. The van der Waals surface area contributed by atoms with Gasteiger partial charge in [-0.15, -0.1) is 0 Å². The molecule has 0 aliphatic carbocycles. The van der Waals surface area contributed by atoms with E-state index in [1.54, 1.807) is 0 Å². The minimum absolute atomic E-state index is 0.230. The molecule has 2 heterocycles. The molecular weight excluding hydrogens is 198 g/mol. The first-order chi connectivity index (χ1) is 6.66. The molecule has 0 radical (unpaired) electrons. The van der Waals surface area contributed by atoms with Crippen LogP contribution in [0.2, 0.25) is 0 Å². The average molecular weight is 213 g/mol. The fourth-order valence-electron chi connectivity index (χ4n) is 1.68. The van der Waals surface area contributed by atoms with Crippen molar-refractivity contribution in [3.05, 3.63) is 6.07 Å². The number of anilines is 2. The molecule has 0 bridgehead atoms. The van der Waals surface area contributed by atoms with Gasteiger partial charge in [0.05, 0.1) is 6.10 Å². The van der Waals surface area contributed by atoms with E-state index in [4.69, 9.17) is 5.73 Å². The maximum atomic E-state index is 9.73. The number of aliphatic hydroxyl groups is 1. The first-order valence-electron chi connectivity index (χ1n) is 4.82. The normalized spacial score (nSPS) is 28.0. The van der Waals surface area contributed by atoms with Gasteiger partial charge >= 0.3 is 0 Å². The highest BCUT2D eigenvalue weighted by Crippen LogP contribution is 2.27. The molecular formula is C9H15N3OS. The molecule has 2 unspecified atom stereocenters. The van der Waals surface area contributed by atoms with Crippen molar-refractivity contribution >= 4 is 22.4 Å². The predicted molar refractivity (Wildman–Crippen MR) is 58.5 cm³/mol. The summed E-state index contributed by atoms with van der Waals surface area (Å²) in [6, 6.07) is 1.87. The van der Waals surface area contributed by atoms with Crippen LogP contribution in [0.25, 0.3) is 0 Å². The van der Waals surface area contributed by atoms with Crippen LogP contribution in [0.4, 0.5) is 10.8 Å². The van der Waals surface area contributed by atoms with Gasteiger partial charge in [-0.05, 0) is 23.9 Å². The largest absolute Gasteiger partial charge is 0.391 e. The molecule has 1 aliphatic rings. The Balaban J connectivity index is 2.06. The van der Waals surface area contributed by atoms with Gasteiger partial charge in [-0.1, -0.05) is 6.92 Å². The molecule has 1 fully saturated rings. The van der Waals surface area contributed by atoms with Crippen molar-refractivity contribution in [2.24, 2.45) is 5.92 Å². The molecule has 4 nitrogen and oxygen atoms in total. The fourth-order valence-corrected chi connectivity index (χ4v) is 2.38. The van der Waals surface area contributed by atoms with Crippen LogP contribution in [0.5, 0.6) is 0 Å². The zero-order valence-corrected chi connectivity index (χ0v) is 9.00. The second-order valence-electron chi connectivity index (χ2n) is 3.87. The highest BCUT2D eigenvalue weighted by molar-refractivity contribution is 7.10. The minimum atomic E-state index is -0.230. The number of aliphatic hydroxyl groups excluding tert-OH is 1. The number of nitrogen functional groups attached to an aromatic ring is 1. The lowest BCUT2D eigenvalue weighted by Gasteiger charge is -2.34. The Kier molecular flexibility index (Phi) is 2.60. The number of hydrogen-bond acceptors (Lipinski definition) is 5. The highest BCUT2D eigenvalue weighted by Gasteiger charge is 2.25. The van der Waals surface area contributed by atoms with Crippen molar-refractivity contribution < 1.29 is 5.11 Å². The maximum Gasteiger partial charge on any atom is 0.139 e. The fraction of sp³-hybridized carbons (Fsp3) is 0.667. The lowest BCUT2D eigenvalue weighted by Crippen LogP contribution is -2.42. The van der Waals surface area contributed by atoms with Gasteiger partial charge in [0.15, 0.2) is 0 Å². The van der Waals surface area contributed by atoms with Crippen LogP contribution < -0.4 is 10.6 Å². The molecule has 2 atom stereocenters. The molecule has 0 saturated carbocycles. The molecule has 5 heteroatoms. The van der Waals surface area contributed by atoms with Crippen LogP contribution in [0.3, 0.4) is 0 Å². The number of β-amino-alcohol motifs (C(OH)–C–C–N with tert-alkyl or cyclic N) is 1. The van der Waals surface area contributed by atoms with E-state index in [9.17, 15) is 5.11 Å². The van der Waals surface area contributed by atoms with Crippen molar-refractivity contribution in [3.63, 3.8) is 0 Å². The van der Waals surface area contributed by atoms with Crippen LogP contribution >= 0.6 is 11.5 Å². The second-order valence-corrected chi connectivity index (χ2v) is 4.65. The van der Waals surface area contributed by atoms with Crippen LogP contribution in [0.15, 0.2) is 6.07 Å². The van der Waals surface area contributed by atoms with Crippen molar-refractivity contribution in [1.82, 2.24) is 4.37 Å². The number of nitrogens with zero attached hydrogens (tertiary/aromatic N) is 2. The van der Waals surface area contributed by atoms with Gasteiger partial charge in [0.2, 0.25) is 0 Å². The van der Waals surface area contributed by atoms with Crippen LogP contribution in [-0.2, 0) is 0 Å². The van der Waals surface area contributed by atoms with E-state index in [1.807, 2.05) is 6.07 Å². The first kappa shape index (κ1) is 9.73. The van der Waals surface area contributed by atoms with Gasteiger partial charge in [-0.25, -0.2) is 0 Å². The number of hydrogen-bond donors (Lipinski definition) is 2. The van der Waals surface area contributed by atoms with E-state index in [-0.39, 0.29) is 6.10 Å². The Morgan fingerprint density at radius 2 is 2.50 bits per heavy atom. The summed E-state index contributed by atoms with van der Waals surface area (Å²) in [4.78, 5) is 2.15. The molecule has 0 spiro atoms. The second kappa shape index (κ2) is 3.74. The van der Waals surface area contributed by atoms with Crippen molar-refractivity contribution in [2.45, 2.75) is 19.4 Å². The molecule has 1 aromatic heterocycles. The van der Waals surface area contributed by atoms with E-state index >= 15 is 0 Å². The van der Waals surface area contributed by atoms with Gasteiger partial charge in [0.25, 0.3) is 0 Å². The summed E-state index contributed by atoms with van der Waals surface area (Å²) in [6.07, 6.45) is 0.797. The SMILES string of the molecule is CC1CCN(c2cc(N)ns2)CC1O. The summed E-state index contributed by atoms with van der Waals surface area (Å²) in [6.45, 7) is 3.77. The van der Waals surface area contributed by atoms with E-state index in [2.05, 4.69) is 16.2 Å². The quantitative estimate of drug-likeness (QED) is 0.728. The number of rotatable bonds is 1. The Morgan fingerprint density at radius 1 is 1.71 bits per heavy atom. The van der Waals surface area contributed by atoms with Gasteiger partial charge < -0.3 is 15.7 Å². The van der Waals surface area contributed by atoms with Gasteiger partial charge in [-0.3, -0.25) is 0 Å². The van der Waals surface area contributed by atoms with E-state index in [0.29, 0.717) is 18.3 Å². The van der Waals surface area contributed by atoms with E-state index in [1.165, 1.54) is 11.5 Å². The molecule has 1 saturated heterocycles. The van der Waals surface area contributed by atoms with Crippen LogP contribution in [0.1, 0.15) is 13.3 Å². The molecule has 1 aromatic rings. The third-order valence-electron chi connectivity index (χ3n) is 2.75. The molecule has 14 heavy (non-hydrogen) atoms. The van der Waals surface area contributed by atoms with Crippen LogP contribution in [0, 0.1) is 5.92 Å². The molecule has 1 aliphatic heterocycles. The van der Waals surface area contributed by atoms with Gasteiger partial charge in [0, 0.05) is 19.2 Å². The Hall–Kier alpha value is -0.810. The Bertz CT molecular complexity index is 315. The molecule has 3 N–H and O–H groups in total. The van der Waals surface area contributed by atoms with E-state index < -0.39 is 0 Å². The maximum absolute atomic E-state index is 9.73. The molecule has 0 amide bonds. The summed E-state index contributed by atoms with van der Waals surface area (Å²) in [5.41, 5.74) is 5.56. The topological polar surface area (TPSA) is 62.4 Å². The monoisotopic (exact) mass is 213 g/mol. The molecule has 0 aromatic carbocycles. The zero-order valence-electron chi connectivity index (χ0n) is 8.18. The number of nitrogens with two attached hydrogens (primary N) is 1. The number of aromatic nitrogens is 1. The van der Waals surface area contributed by atoms with Gasteiger partial charge in [0.1, 0.15) is 10.8 Å². The minimum Gasteiger partial charge on any atom is -0.391 e. The lowest BCUT2D eigenvalue weighted by molar-refractivity contribution is 0.103. The van der Waals surface area contributed by atoms with Crippen molar-refractivity contribution in [1.29, 1.82) is 0 Å². The van der Waals surface area contributed by atoms with Crippen LogP contribution in [-0.4, -0.2) is 28.7 Å². The number of piperidine rings is 1. The van der Waals surface area contributed by atoms with E-state index in [0.717, 1.165) is 18.0 Å². The predicted octanol–water partition coefficient (Wildman–Crippen LogP) is 0.932. The summed E-state index contributed by atoms with van der Waals surface area (Å²) in [5, 5.41) is 10.8. The standard InChI is InChI=1S/C9H15N3OS/c1-6-2-3-12(5-7(6)13)9-4-8(10)11-14-9/h4,6-7,13H,2-3,5H2,1H3,(H2,10,11). The Labute approximate surface area is 87.5 Å². The van der Waals surface area contributed by atoms with Crippen molar-refractivity contribution in [3.8, 4) is 0 Å². The van der Waals surface area contributed by atoms with Crippen molar-refractivity contribution in [2.75, 3.05) is 23.7 Å². The first-order valence-corrected chi connectivity index (χ1v) is 5.59. The molecule has 78 valence electrons. The smallest absolute Gasteiger partial charge is 0.139 e. The summed E-state index contributed by atoms with van der Waals surface area (Å²) < 4.78 is 4.03. The average Bonchev–Trinajstić information content (AvgIpc) is 2.57. The van der Waals surface area contributed by atoms with Gasteiger partial charge in [-0.2, -0.15) is 4.37 Å². The Morgan fingerprint density at radius 3 is 3.07 bits per heavy atom. The molecule has 2 rings (SSSR count). The highest BCUT2D eigenvalue weighted by atomic mass is 32.1. The zero-order chi connectivity index (χ0) is 10.1.